The van der Waals surface area contributed by atoms with E-state index in [2.05, 4.69) is 33.2 Å². The lowest BCUT2D eigenvalue weighted by Gasteiger charge is -2.11. The van der Waals surface area contributed by atoms with E-state index in [1.165, 1.54) is 5.56 Å². The molecular weight excluding hydrogens is 462 g/mol. The number of hydrogen-bond acceptors (Lipinski definition) is 6. The Morgan fingerprint density at radius 2 is 1.66 bits per heavy atom. The molecule has 2 aromatic carbocycles. The summed E-state index contributed by atoms with van der Waals surface area (Å²) in [6.45, 7) is 1.51. The van der Waals surface area contributed by atoms with Crippen molar-refractivity contribution < 1.29 is 26.8 Å². The number of nitrogens with zero attached hydrogens (tertiary/aromatic N) is 3. The zero-order valence-corrected chi connectivity index (χ0v) is 20.5. The fourth-order valence-electron chi connectivity index (χ4n) is 4.27. The quantitative estimate of drug-likeness (QED) is 0.320. The maximum absolute atomic E-state index is 9.27. The molecule has 1 N–H and O–H groups in total. The molecule has 6 nitrogen and oxygen atoms in total. The standard InChI is InChI=1S/C28H27N3O3.ClH/c1-31(2)15-16-33-23-7-3-19(4-8-23)27-18-25(28(34-27)20-11-13-29-14-12-20)22-5-9-24-21(17-22)6-10-26(24)30-32;/h3-5,7-9,11-14,17-18,32H,6,10,15-16H2,1-2H3;1H/p-1/b30-26-;. The highest BCUT2D eigenvalue weighted by Gasteiger charge is 2.21. The second-order valence-corrected chi connectivity index (χ2v) is 8.68. The maximum atomic E-state index is 9.27. The van der Waals surface area contributed by atoms with Crippen LogP contribution in [0.25, 0.3) is 33.8 Å². The first-order chi connectivity index (χ1) is 16.6. The summed E-state index contributed by atoms with van der Waals surface area (Å²) in [4.78, 5) is 6.25. The average Bonchev–Trinajstić information content (AvgIpc) is 3.49. The van der Waals surface area contributed by atoms with Gasteiger partial charge in [0.25, 0.3) is 0 Å². The molecule has 1 aliphatic carbocycles. The Morgan fingerprint density at radius 1 is 0.914 bits per heavy atom. The summed E-state index contributed by atoms with van der Waals surface area (Å²) in [5, 5.41) is 12.7. The van der Waals surface area contributed by atoms with Crippen molar-refractivity contribution in [2.24, 2.45) is 5.16 Å². The fourth-order valence-corrected chi connectivity index (χ4v) is 4.27. The Hall–Kier alpha value is -3.61. The van der Waals surface area contributed by atoms with E-state index in [0.717, 1.165) is 70.2 Å². The summed E-state index contributed by atoms with van der Waals surface area (Å²) in [5.41, 5.74) is 7.00. The van der Waals surface area contributed by atoms with Gasteiger partial charge in [-0.25, -0.2) is 0 Å². The van der Waals surface area contributed by atoms with E-state index in [9.17, 15) is 5.21 Å². The van der Waals surface area contributed by atoms with Crippen LogP contribution in [0.2, 0.25) is 0 Å². The number of pyridine rings is 1. The van der Waals surface area contributed by atoms with Gasteiger partial charge in [-0.1, -0.05) is 23.4 Å². The molecule has 0 bridgehead atoms. The second-order valence-electron chi connectivity index (χ2n) is 8.68. The first-order valence-corrected chi connectivity index (χ1v) is 11.4. The van der Waals surface area contributed by atoms with E-state index >= 15 is 0 Å². The van der Waals surface area contributed by atoms with Gasteiger partial charge in [-0.2, -0.15) is 0 Å². The van der Waals surface area contributed by atoms with Crippen LogP contribution in [-0.2, 0) is 6.42 Å². The minimum Gasteiger partial charge on any atom is -1.00 e. The Kier molecular flexibility index (Phi) is 7.54. The number of aromatic nitrogens is 1. The number of likely N-dealkylation sites (N-methyl/N-ethyl adjacent to an activating group) is 1. The van der Waals surface area contributed by atoms with Gasteiger partial charge < -0.3 is 31.7 Å². The van der Waals surface area contributed by atoms with Gasteiger partial charge in [0.1, 0.15) is 23.9 Å². The Balaban J connectivity index is 0.00000289. The number of halogens is 1. The number of oxime groups is 1. The van der Waals surface area contributed by atoms with Gasteiger partial charge in [0, 0.05) is 41.2 Å². The molecule has 2 aromatic heterocycles. The van der Waals surface area contributed by atoms with Crippen LogP contribution in [-0.4, -0.2) is 48.0 Å². The molecule has 4 aromatic rings. The van der Waals surface area contributed by atoms with Crippen LogP contribution < -0.4 is 17.1 Å². The van der Waals surface area contributed by atoms with E-state index in [1.807, 2.05) is 56.6 Å². The molecule has 2 heterocycles. The number of rotatable bonds is 7. The highest BCUT2D eigenvalue weighted by Crippen LogP contribution is 2.40. The summed E-state index contributed by atoms with van der Waals surface area (Å²) >= 11 is 0. The molecule has 0 amide bonds. The van der Waals surface area contributed by atoms with Crippen molar-refractivity contribution in [3.8, 4) is 39.5 Å². The van der Waals surface area contributed by atoms with Gasteiger partial charge in [0.15, 0.2) is 0 Å². The van der Waals surface area contributed by atoms with Gasteiger partial charge in [0.05, 0.1) is 5.71 Å². The summed E-state index contributed by atoms with van der Waals surface area (Å²) in [6, 6.07) is 20.3. The molecule has 180 valence electrons. The molecule has 0 saturated heterocycles. The molecule has 1 aliphatic rings. The predicted octanol–water partition coefficient (Wildman–Crippen LogP) is 2.74. The monoisotopic (exact) mass is 488 g/mol. The topological polar surface area (TPSA) is 71.1 Å². The highest BCUT2D eigenvalue weighted by molar-refractivity contribution is 6.04. The molecular formula is C28H27ClN3O3-. The first kappa shape index (κ1) is 24.5. The SMILES string of the molecule is CN(C)CCOc1ccc(-c2cc(-c3ccc4c(c3)CC/C4=N/O)c(-c3ccncc3)o2)cc1.[Cl-]. The normalized spacial score (nSPS) is 13.6. The number of benzene rings is 2. The number of ether oxygens (including phenoxy) is 1. The minimum absolute atomic E-state index is 0. The van der Waals surface area contributed by atoms with Crippen LogP contribution in [0.3, 0.4) is 0 Å². The number of aryl methyl sites for hydroxylation is 1. The Morgan fingerprint density at radius 3 is 2.37 bits per heavy atom. The van der Waals surface area contributed by atoms with Crippen molar-refractivity contribution in [3.05, 3.63) is 84.2 Å². The molecule has 5 rings (SSSR count). The zero-order chi connectivity index (χ0) is 23.5. The molecule has 0 atom stereocenters. The van der Waals surface area contributed by atoms with E-state index in [0.29, 0.717) is 6.61 Å². The van der Waals surface area contributed by atoms with Crippen LogP contribution in [0.4, 0.5) is 0 Å². The van der Waals surface area contributed by atoms with Crippen molar-refractivity contribution >= 4 is 5.71 Å². The lowest BCUT2D eigenvalue weighted by molar-refractivity contribution is -0.00000869. The zero-order valence-electron chi connectivity index (χ0n) is 19.7. The van der Waals surface area contributed by atoms with Crippen LogP contribution in [0.15, 0.2) is 82.6 Å². The fraction of sp³-hybridized carbons (Fsp3) is 0.214. The van der Waals surface area contributed by atoms with E-state index < -0.39 is 0 Å². The highest BCUT2D eigenvalue weighted by atomic mass is 35.5. The Labute approximate surface area is 211 Å². The third-order valence-electron chi connectivity index (χ3n) is 6.10. The minimum atomic E-state index is 0. The third kappa shape index (κ3) is 5.24. The van der Waals surface area contributed by atoms with Gasteiger partial charge >= 0.3 is 0 Å². The van der Waals surface area contributed by atoms with Crippen molar-refractivity contribution in [1.29, 1.82) is 0 Å². The van der Waals surface area contributed by atoms with E-state index in [-0.39, 0.29) is 12.4 Å². The maximum Gasteiger partial charge on any atom is 0.142 e. The number of furan rings is 1. The van der Waals surface area contributed by atoms with Gasteiger partial charge in [-0.05, 0) is 80.5 Å². The Bertz CT molecular complexity index is 1320. The summed E-state index contributed by atoms with van der Waals surface area (Å²) in [7, 11) is 4.06. The van der Waals surface area contributed by atoms with Crippen LogP contribution in [0.1, 0.15) is 17.5 Å². The molecule has 0 fully saturated rings. The molecule has 0 saturated carbocycles. The smallest absolute Gasteiger partial charge is 0.142 e. The molecule has 0 spiro atoms. The van der Waals surface area contributed by atoms with Crippen molar-refractivity contribution in [1.82, 2.24) is 9.88 Å². The summed E-state index contributed by atoms with van der Waals surface area (Å²) in [5.74, 6) is 2.43. The molecule has 35 heavy (non-hydrogen) atoms. The second kappa shape index (κ2) is 10.8. The average molecular weight is 489 g/mol. The van der Waals surface area contributed by atoms with Crippen molar-refractivity contribution in [2.45, 2.75) is 12.8 Å². The largest absolute Gasteiger partial charge is 1.00 e. The molecule has 7 heteroatoms. The van der Waals surface area contributed by atoms with Crippen LogP contribution in [0.5, 0.6) is 5.75 Å². The number of fused-ring (bicyclic) bond motifs is 1. The summed E-state index contributed by atoms with van der Waals surface area (Å²) in [6.07, 6.45) is 5.17. The van der Waals surface area contributed by atoms with Crippen LogP contribution >= 0.6 is 0 Å². The van der Waals surface area contributed by atoms with Crippen LogP contribution in [0, 0.1) is 0 Å². The third-order valence-corrected chi connectivity index (χ3v) is 6.10. The number of hydrogen-bond donors (Lipinski definition) is 1. The lowest BCUT2D eigenvalue weighted by atomic mass is 9.98. The van der Waals surface area contributed by atoms with Crippen molar-refractivity contribution in [3.63, 3.8) is 0 Å². The van der Waals surface area contributed by atoms with Gasteiger partial charge in [0.2, 0.25) is 0 Å². The first-order valence-electron chi connectivity index (χ1n) is 11.4. The predicted molar refractivity (Wildman–Crippen MR) is 134 cm³/mol. The molecule has 0 radical (unpaired) electrons. The van der Waals surface area contributed by atoms with Gasteiger partial charge in [-0.3, -0.25) is 4.98 Å². The molecule has 0 unspecified atom stereocenters. The van der Waals surface area contributed by atoms with E-state index in [4.69, 9.17) is 9.15 Å². The molecule has 0 aliphatic heterocycles. The summed E-state index contributed by atoms with van der Waals surface area (Å²) < 4.78 is 12.2. The van der Waals surface area contributed by atoms with Gasteiger partial charge in [-0.15, -0.1) is 0 Å². The lowest BCUT2D eigenvalue weighted by Crippen LogP contribution is -3.00. The van der Waals surface area contributed by atoms with E-state index in [1.54, 1.807) is 12.4 Å². The van der Waals surface area contributed by atoms with Crippen molar-refractivity contribution in [2.75, 3.05) is 27.2 Å².